The molecule has 0 atom stereocenters. The lowest BCUT2D eigenvalue weighted by Gasteiger charge is -2.04. The molecule has 3 nitrogen and oxygen atoms in total. The van der Waals surface area contributed by atoms with Gasteiger partial charge in [0.05, 0.1) is 10.7 Å². The summed E-state index contributed by atoms with van der Waals surface area (Å²) >= 11 is 5.81. The fraction of sp³-hybridized carbons (Fsp3) is 0.250. The normalized spacial score (nSPS) is 9.12. The second-order valence-electron chi connectivity index (χ2n) is 3.17. The molecular formula is C12H13ClN2O. The van der Waals surface area contributed by atoms with Crippen molar-refractivity contribution in [1.82, 2.24) is 5.32 Å². The molecular weight excluding hydrogens is 224 g/mol. The Morgan fingerprint density at radius 1 is 1.56 bits per heavy atom. The van der Waals surface area contributed by atoms with Crippen LogP contribution in [0.25, 0.3) is 0 Å². The van der Waals surface area contributed by atoms with Crippen molar-refractivity contribution in [2.75, 3.05) is 12.3 Å². The lowest BCUT2D eigenvalue weighted by molar-refractivity contribution is 0.0954. The highest BCUT2D eigenvalue weighted by atomic mass is 35.5. The van der Waals surface area contributed by atoms with Gasteiger partial charge in [0.2, 0.25) is 0 Å². The molecule has 0 aliphatic heterocycles. The number of hydrogen-bond donors (Lipinski definition) is 2. The van der Waals surface area contributed by atoms with E-state index < -0.39 is 0 Å². The number of halogens is 1. The molecule has 1 aromatic carbocycles. The molecule has 1 rings (SSSR count). The van der Waals surface area contributed by atoms with Gasteiger partial charge in [0, 0.05) is 18.5 Å². The minimum absolute atomic E-state index is 0.167. The minimum Gasteiger partial charge on any atom is -0.398 e. The standard InChI is InChI=1S/C12H13ClN2O/c1-2-3-4-7-15-12(16)9-5-6-11(14)10(13)8-9/h5-6,8H,4,7,14H2,1H3,(H,15,16). The summed E-state index contributed by atoms with van der Waals surface area (Å²) < 4.78 is 0. The summed E-state index contributed by atoms with van der Waals surface area (Å²) in [7, 11) is 0. The topological polar surface area (TPSA) is 55.1 Å². The smallest absolute Gasteiger partial charge is 0.251 e. The van der Waals surface area contributed by atoms with Crippen LogP contribution in [0.5, 0.6) is 0 Å². The summed E-state index contributed by atoms with van der Waals surface area (Å²) in [5.74, 6) is 5.46. The predicted molar refractivity (Wildman–Crippen MR) is 66.3 cm³/mol. The SMILES string of the molecule is CC#CCCNC(=O)c1ccc(N)c(Cl)c1. The number of benzene rings is 1. The van der Waals surface area contributed by atoms with Crippen LogP contribution in [0.2, 0.25) is 5.02 Å². The zero-order valence-electron chi connectivity index (χ0n) is 9.01. The molecule has 3 N–H and O–H groups in total. The molecule has 1 aromatic rings. The van der Waals surface area contributed by atoms with E-state index in [9.17, 15) is 4.79 Å². The van der Waals surface area contributed by atoms with Crippen LogP contribution < -0.4 is 11.1 Å². The third-order valence-electron chi connectivity index (χ3n) is 1.97. The molecule has 0 spiro atoms. The molecule has 0 aliphatic rings. The fourth-order valence-electron chi connectivity index (χ4n) is 1.13. The first-order chi connectivity index (χ1) is 7.65. The highest BCUT2D eigenvalue weighted by Crippen LogP contribution is 2.19. The number of nitrogen functional groups attached to an aromatic ring is 1. The Balaban J connectivity index is 2.58. The quantitative estimate of drug-likeness (QED) is 0.480. The van der Waals surface area contributed by atoms with Gasteiger partial charge in [-0.25, -0.2) is 0 Å². The number of rotatable bonds is 3. The number of nitrogens with one attached hydrogen (secondary N) is 1. The van der Waals surface area contributed by atoms with E-state index in [2.05, 4.69) is 17.2 Å². The maximum atomic E-state index is 11.6. The number of anilines is 1. The molecule has 0 saturated heterocycles. The van der Waals surface area contributed by atoms with Crippen LogP contribution >= 0.6 is 11.6 Å². The van der Waals surface area contributed by atoms with Gasteiger partial charge in [0.1, 0.15) is 0 Å². The van der Waals surface area contributed by atoms with Gasteiger partial charge in [-0.05, 0) is 25.1 Å². The molecule has 84 valence electrons. The maximum Gasteiger partial charge on any atom is 0.251 e. The Morgan fingerprint density at radius 2 is 2.31 bits per heavy atom. The summed E-state index contributed by atoms with van der Waals surface area (Å²) in [4.78, 5) is 11.6. The zero-order chi connectivity index (χ0) is 12.0. The van der Waals surface area contributed by atoms with Gasteiger partial charge in [-0.1, -0.05) is 11.6 Å². The highest BCUT2D eigenvalue weighted by molar-refractivity contribution is 6.33. The number of carbonyl (C=O) groups excluding carboxylic acids is 1. The van der Waals surface area contributed by atoms with Crippen molar-refractivity contribution >= 4 is 23.2 Å². The van der Waals surface area contributed by atoms with Gasteiger partial charge in [0.15, 0.2) is 0 Å². The minimum atomic E-state index is -0.167. The van der Waals surface area contributed by atoms with Crippen LogP contribution in [0.1, 0.15) is 23.7 Å². The Bertz CT molecular complexity index is 446. The molecule has 0 aliphatic carbocycles. The van der Waals surface area contributed by atoms with E-state index in [1.54, 1.807) is 25.1 Å². The number of nitrogens with two attached hydrogens (primary N) is 1. The van der Waals surface area contributed by atoms with Crippen LogP contribution in [0.15, 0.2) is 18.2 Å². The molecule has 0 bridgehead atoms. The van der Waals surface area contributed by atoms with Crippen molar-refractivity contribution in [3.05, 3.63) is 28.8 Å². The summed E-state index contributed by atoms with van der Waals surface area (Å²) in [6.07, 6.45) is 0.644. The first kappa shape index (κ1) is 12.4. The van der Waals surface area contributed by atoms with Crippen LogP contribution in [-0.2, 0) is 0 Å². The van der Waals surface area contributed by atoms with Crippen molar-refractivity contribution in [3.63, 3.8) is 0 Å². The zero-order valence-corrected chi connectivity index (χ0v) is 9.77. The average molecular weight is 237 g/mol. The molecule has 0 heterocycles. The molecule has 16 heavy (non-hydrogen) atoms. The van der Waals surface area contributed by atoms with Crippen LogP contribution in [0.3, 0.4) is 0 Å². The Morgan fingerprint density at radius 3 is 2.94 bits per heavy atom. The highest BCUT2D eigenvalue weighted by Gasteiger charge is 2.06. The number of hydrogen-bond acceptors (Lipinski definition) is 2. The summed E-state index contributed by atoms with van der Waals surface area (Å²) in [5, 5.41) is 3.13. The van der Waals surface area contributed by atoms with Crippen LogP contribution in [0, 0.1) is 11.8 Å². The summed E-state index contributed by atoms with van der Waals surface area (Å²) in [6, 6.07) is 4.81. The number of carbonyl (C=O) groups is 1. The molecule has 1 amide bonds. The molecule has 0 fully saturated rings. The molecule has 0 radical (unpaired) electrons. The second-order valence-corrected chi connectivity index (χ2v) is 3.58. The molecule has 4 heteroatoms. The third-order valence-corrected chi connectivity index (χ3v) is 2.30. The van der Waals surface area contributed by atoms with E-state index >= 15 is 0 Å². The van der Waals surface area contributed by atoms with Gasteiger partial charge in [-0.15, -0.1) is 11.8 Å². The van der Waals surface area contributed by atoms with Crippen molar-refractivity contribution in [3.8, 4) is 11.8 Å². The van der Waals surface area contributed by atoms with Gasteiger partial charge < -0.3 is 11.1 Å². The van der Waals surface area contributed by atoms with Crippen molar-refractivity contribution in [2.45, 2.75) is 13.3 Å². The van der Waals surface area contributed by atoms with Crippen molar-refractivity contribution in [2.24, 2.45) is 0 Å². The van der Waals surface area contributed by atoms with E-state index in [1.807, 2.05) is 0 Å². The van der Waals surface area contributed by atoms with Crippen molar-refractivity contribution < 1.29 is 4.79 Å². The second kappa shape index (κ2) is 6.04. The molecule has 0 unspecified atom stereocenters. The fourth-order valence-corrected chi connectivity index (χ4v) is 1.31. The van der Waals surface area contributed by atoms with E-state index in [4.69, 9.17) is 17.3 Å². The average Bonchev–Trinajstić information content (AvgIpc) is 2.28. The number of amides is 1. The third kappa shape index (κ3) is 3.48. The first-order valence-electron chi connectivity index (χ1n) is 4.88. The predicted octanol–water partition coefficient (Wildman–Crippen LogP) is 2.07. The maximum absolute atomic E-state index is 11.6. The van der Waals surface area contributed by atoms with Gasteiger partial charge in [0.25, 0.3) is 5.91 Å². The van der Waals surface area contributed by atoms with Gasteiger partial charge >= 0.3 is 0 Å². The van der Waals surface area contributed by atoms with Crippen molar-refractivity contribution in [1.29, 1.82) is 0 Å². The monoisotopic (exact) mass is 236 g/mol. The van der Waals surface area contributed by atoms with E-state index in [-0.39, 0.29) is 5.91 Å². The Labute approximate surface area is 100.0 Å². The van der Waals surface area contributed by atoms with Crippen LogP contribution in [-0.4, -0.2) is 12.5 Å². The summed E-state index contributed by atoms with van der Waals surface area (Å²) in [5.41, 5.74) is 6.52. The largest absolute Gasteiger partial charge is 0.398 e. The van der Waals surface area contributed by atoms with Gasteiger partial charge in [-0.3, -0.25) is 4.79 Å². The first-order valence-corrected chi connectivity index (χ1v) is 5.25. The molecule has 0 saturated carbocycles. The van der Waals surface area contributed by atoms with Crippen LogP contribution in [0.4, 0.5) is 5.69 Å². The Kier molecular flexibility index (Phi) is 4.68. The van der Waals surface area contributed by atoms with Gasteiger partial charge in [-0.2, -0.15) is 0 Å². The van der Waals surface area contributed by atoms with E-state index in [0.29, 0.717) is 29.2 Å². The summed E-state index contributed by atoms with van der Waals surface area (Å²) in [6.45, 7) is 2.29. The molecule has 0 aromatic heterocycles. The lowest BCUT2D eigenvalue weighted by Crippen LogP contribution is -2.24. The van der Waals surface area contributed by atoms with E-state index in [1.165, 1.54) is 0 Å². The van der Waals surface area contributed by atoms with E-state index in [0.717, 1.165) is 0 Å². The lowest BCUT2D eigenvalue weighted by atomic mass is 10.2. The Hall–Kier alpha value is -1.66.